The summed E-state index contributed by atoms with van der Waals surface area (Å²) in [7, 11) is 1.73. The van der Waals surface area contributed by atoms with Gasteiger partial charge in [0.1, 0.15) is 0 Å². The van der Waals surface area contributed by atoms with Gasteiger partial charge in [-0.25, -0.2) is 0 Å². The van der Waals surface area contributed by atoms with E-state index in [1.54, 1.807) is 7.11 Å². The monoisotopic (exact) mass is 233 g/mol. The Labute approximate surface area is 104 Å². The van der Waals surface area contributed by atoms with Gasteiger partial charge in [-0.3, -0.25) is 0 Å². The molecule has 0 spiro atoms. The molecule has 0 aromatic carbocycles. The van der Waals surface area contributed by atoms with Crippen LogP contribution in [0.25, 0.3) is 0 Å². The number of ether oxygens (including phenoxy) is 1. The smallest absolute Gasteiger partial charge is 0.0812 e. The summed E-state index contributed by atoms with van der Waals surface area (Å²) in [6, 6.07) is 2.58. The van der Waals surface area contributed by atoms with Gasteiger partial charge >= 0.3 is 0 Å². The highest BCUT2D eigenvalue weighted by molar-refractivity contribution is 5.10. The first-order valence-corrected chi connectivity index (χ1v) is 7.06. The lowest BCUT2D eigenvalue weighted by Gasteiger charge is -2.57. The van der Waals surface area contributed by atoms with Gasteiger partial charge in [0.2, 0.25) is 0 Å². The average Bonchev–Trinajstić information content (AvgIpc) is 2.27. The second-order valence-corrected chi connectivity index (χ2v) is 6.92. The first-order chi connectivity index (χ1) is 8.16. The zero-order valence-electron chi connectivity index (χ0n) is 11.0. The normalized spacial score (nSPS) is 46.5. The number of nitrogens with zero attached hydrogens (tertiary/aromatic N) is 1. The van der Waals surface area contributed by atoms with Gasteiger partial charge in [-0.05, 0) is 68.6 Å². The molecule has 0 aromatic rings. The highest BCUT2D eigenvalue weighted by Gasteiger charge is 2.54. The quantitative estimate of drug-likeness (QED) is 0.749. The summed E-state index contributed by atoms with van der Waals surface area (Å²) in [6.07, 6.45) is 7.03. The number of rotatable bonds is 3. The SMILES string of the molecule is COCC(C)(C#N)C1C2CC3CC(C2)CC1C3. The zero-order chi connectivity index (χ0) is 12.0. The van der Waals surface area contributed by atoms with Crippen LogP contribution in [0.4, 0.5) is 0 Å². The van der Waals surface area contributed by atoms with Gasteiger partial charge in [-0.1, -0.05) is 0 Å². The molecule has 17 heavy (non-hydrogen) atoms. The van der Waals surface area contributed by atoms with E-state index >= 15 is 0 Å². The molecule has 0 aliphatic heterocycles. The van der Waals surface area contributed by atoms with Gasteiger partial charge in [0.05, 0.1) is 18.1 Å². The van der Waals surface area contributed by atoms with Crippen LogP contribution in [0.3, 0.4) is 0 Å². The number of nitriles is 1. The Balaban J connectivity index is 1.86. The van der Waals surface area contributed by atoms with Crippen LogP contribution in [0.2, 0.25) is 0 Å². The van der Waals surface area contributed by atoms with Crippen LogP contribution in [0.5, 0.6) is 0 Å². The van der Waals surface area contributed by atoms with Gasteiger partial charge in [-0.2, -0.15) is 5.26 Å². The van der Waals surface area contributed by atoms with Gasteiger partial charge < -0.3 is 4.74 Å². The Morgan fingerprint density at radius 2 is 1.65 bits per heavy atom. The first kappa shape index (κ1) is 11.5. The van der Waals surface area contributed by atoms with Crippen molar-refractivity contribution in [2.24, 2.45) is 35.0 Å². The fourth-order valence-electron chi connectivity index (χ4n) is 5.47. The summed E-state index contributed by atoms with van der Waals surface area (Å²) in [5.74, 6) is 4.19. The molecule has 1 atom stereocenters. The summed E-state index contributed by atoms with van der Waals surface area (Å²) in [5, 5.41) is 9.57. The summed E-state index contributed by atoms with van der Waals surface area (Å²) in [4.78, 5) is 0. The van der Waals surface area contributed by atoms with Crippen molar-refractivity contribution in [2.75, 3.05) is 13.7 Å². The van der Waals surface area contributed by atoms with Crippen molar-refractivity contribution in [3.63, 3.8) is 0 Å². The van der Waals surface area contributed by atoms with Crippen molar-refractivity contribution in [2.45, 2.75) is 39.0 Å². The van der Waals surface area contributed by atoms with E-state index in [-0.39, 0.29) is 5.41 Å². The van der Waals surface area contributed by atoms with E-state index in [9.17, 15) is 5.26 Å². The third-order valence-corrected chi connectivity index (χ3v) is 5.66. The molecular weight excluding hydrogens is 210 g/mol. The van der Waals surface area contributed by atoms with E-state index < -0.39 is 0 Å². The summed E-state index contributed by atoms with van der Waals surface area (Å²) >= 11 is 0. The Bertz CT molecular complexity index is 317. The molecule has 1 unspecified atom stereocenters. The van der Waals surface area contributed by atoms with Gasteiger partial charge in [0, 0.05) is 7.11 Å². The van der Waals surface area contributed by atoms with E-state index in [0.717, 1.165) is 23.7 Å². The second kappa shape index (κ2) is 3.99. The van der Waals surface area contributed by atoms with Gasteiger partial charge in [-0.15, -0.1) is 0 Å². The van der Waals surface area contributed by atoms with Crippen LogP contribution in [0, 0.1) is 46.3 Å². The molecule has 4 rings (SSSR count). The predicted molar refractivity (Wildman–Crippen MR) is 66.1 cm³/mol. The average molecular weight is 233 g/mol. The Hall–Kier alpha value is -0.550. The lowest BCUT2D eigenvalue weighted by Crippen LogP contribution is -2.51. The molecule has 0 amide bonds. The minimum absolute atomic E-state index is 0.253. The molecular formula is C15H23NO. The van der Waals surface area contributed by atoms with Crippen LogP contribution >= 0.6 is 0 Å². The van der Waals surface area contributed by atoms with Crippen LogP contribution in [0.1, 0.15) is 39.0 Å². The molecule has 2 heteroatoms. The molecule has 0 saturated heterocycles. The van der Waals surface area contributed by atoms with Crippen molar-refractivity contribution in [1.29, 1.82) is 5.26 Å². The summed E-state index contributed by atoms with van der Waals surface area (Å²) < 4.78 is 5.33. The molecule has 4 aliphatic rings. The highest BCUT2D eigenvalue weighted by atomic mass is 16.5. The molecule has 94 valence electrons. The molecule has 0 N–H and O–H groups in total. The summed E-state index contributed by atoms with van der Waals surface area (Å²) in [5.41, 5.74) is -0.253. The maximum atomic E-state index is 9.57. The van der Waals surface area contributed by atoms with Crippen molar-refractivity contribution in [1.82, 2.24) is 0 Å². The Morgan fingerprint density at radius 3 is 2.06 bits per heavy atom. The van der Waals surface area contributed by atoms with Crippen LogP contribution < -0.4 is 0 Å². The number of methoxy groups -OCH3 is 1. The second-order valence-electron chi connectivity index (χ2n) is 6.92. The minimum Gasteiger partial charge on any atom is -0.383 e. The van der Waals surface area contributed by atoms with Crippen LogP contribution in [0.15, 0.2) is 0 Å². The van der Waals surface area contributed by atoms with Crippen molar-refractivity contribution in [3.05, 3.63) is 0 Å². The molecule has 4 bridgehead atoms. The zero-order valence-corrected chi connectivity index (χ0v) is 11.0. The minimum atomic E-state index is -0.253. The van der Waals surface area contributed by atoms with E-state index in [1.807, 2.05) is 0 Å². The first-order valence-electron chi connectivity index (χ1n) is 7.06. The van der Waals surface area contributed by atoms with Crippen LogP contribution in [-0.4, -0.2) is 13.7 Å². The highest BCUT2D eigenvalue weighted by Crippen LogP contribution is 2.60. The molecule has 4 saturated carbocycles. The van der Waals surface area contributed by atoms with Crippen molar-refractivity contribution >= 4 is 0 Å². The number of hydrogen-bond acceptors (Lipinski definition) is 2. The summed E-state index contributed by atoms with van der Waals surface area (Å²) in [6.45, 7) is 2.74. The van der Waals surface area contributed by atoms with E-state index in [1.165, 1.54) is 32.1 Å². The third kappa shape index (κ3) is 1.71. The molecule has 4 fully saturated rings. The lowest BCUT2D eigenvalue weighted by molar-refractivity contribution is -0.0912. The molecule has 2 nitrogen and oxygen atoms in total. The Morgan fingerprint density at radius 1 is 1.12 bits per heavy atom. The standard InChI is InChI=1S/C15H23NO/c1-15(8-16,9-17-2)14-12-4-10-3-11(6-12)7-13(14)5-10/h10-14H,3-7,9H2,1-2H3. The van der Waals surface area contributed by atoms with Crippen molar-refractivity contribution < 1.29 is 4.74 Å². The largest absolute Gasteiger partial charge is 0.383 e. The number of hydrogen-bond donors (Lipinski definition) is 0. The fourth-order valence-corrected chi connectivity index (χ4v) is 5.47. The van der Waals surface area contributed by atoms with E-state index in [4.69, 9.17) is 4.74 Å². The fraction of sp³-hybridized carbons (Fsp3) is 0.933. The van der Waals surface area contributed by atoms with E-state index in [2.05, 4.69) is 13.0 Å². The molecule has 0 radical (unpaired) electrons. The predicted octanol–water partition coefficient (Wildman–Crippen LogP) is 3.23. The van der Waals surface area contributed by atoms with E-state index in [0.29, 0.717) is 12.5 Å². The third-order valence-electron chi connectivity index (χ3n) is 5.66. The van der Waals surface area contributed by atoms with Gasteiger partial charge in [0.25, 0.3) is 0 Å². The lowest BCUT2D eigenvalue weighted by atomic mass is 9.47. The molecule has 4 aliphatic carbocycles. The molecule has 0 aromatic heterocycles. The maximum Gasteiger partial charge on any atom is 0.0812 e. The maximum absolute atomic E-state index is 9.57. The van der Waals surface area contributed by atoms with Crippen LogP contribution in [-0.2, 0) is 4.74 Å². The molecule has 0 heterocycles. The van der Waals surface area contributed by atoms with Gasteiger partial charge in [0.15, 0.2) is 0 Å². The Kier molecular flexibility index (Phi) is 2.70. The topological polar surface area (TPSA) is 33.0 Å². The van der Waals surface area contributed by atoms with Crippen molar-refractivity contribution in [3.8, 4) is 6.07 Å².